The summed E-state index contributed by atoms with van der Waals surface area (Å²) >= 11 is 0. The summed E-state index contributed by atoms with van der Waals surface area (Å²) in [5.74, 6) is 1.25. The Labute approximate surface area is 138 Å². The van der Waals surface area contributed by atoms with E-state index in [0.29, 0.717) is 6.04 Å². The number of amides is 1. The second-order valence-electron chi connectivity index (χ2n) is 5.81. The molecule has 1 aromatic rings. The van der Waals surface area contributed by atoms with Crippen molar-refractivity contribution in [2.24, 2.45) is 5.73 Å². The molecule has 2 fully saturated rings. The number of likely N-dealkylation sites (tertiary alicyclic amines) is 1. The van der Waals surface area contributed by atoms with Gasteiger partial charge in [-0.2, -0.15) is 0 Å². The fourth-order valence-electron chi connectivity index (χ4n) is 2.98. The normalized spacial score (nSPS) is 23.0. The van der Waals surface area contributed by atoms with Crippen molar-refractivity contribution in [1.82, 2.24) is 14.5 Å². The van der Waals surface area contributed by atoms with Gasteiger partial charge in [-0.15, -0.1) is 24.8 Å². The van der Waals surface area contributed by atoms with Crippen molar-refractivity contribution in [1.29, 1.82) is 0 Å². The van der Waals surface area contributed by atoms with Crippen LogP contribution >= 0.6 is 24.8 Å². The Kier molecular flexibility index (Phi) is 6.08. The molecular formula is C14H24Cl2N4O. The monoisotopic (exact) mass is 334 g/mol. The predicted molar refractivity (Wildman–Crippen MR) is 87.1 cm³/mol. The highest BCUT2D eigenvalue weighted by Crippen LogP contribution is 2.35. The van der Waals surface area contributed by atoms with Crippen LogP contribution in [0, 0.1) is 0 Å². The zero-order valence-electron chi connectivity index (χ0n) is 12.3. The highest BCUT2D eigenvalue weighted by atomic mass is 35.5. The van der Waals surface area contributed by atoms with Gasteiger partial charge in [-0.25, -0.2) is 4.98 Å². The summed E-state index contributed by atoms with van der Waals surface area (Å²) in [4.78, 5) is 18.7. The van der Waals surface area contributed by atoms with Crippen molar-refractivity contribution in [3.8, 4) is 0 Å². The molecule has 1 saturated carbocycles. The first-order valence-corrected chi connectivity index (χ1v) is 7.24. The first-order valence-electron chi connectivity index (χ1n) is 7.24. The Morgan fingerprint density at radius 3 is 2.81 bits per heavy atom. The molecule has 1 aromatic heterocycles. The Balaban J connectivity index is 0.00000110. The number of piperidine rings is 1. The van der Waals surface area contributed by atoms with E-state index < -0.39 is 5.54 Å². The van der Waals surface area contributed by atoms with Crippen LogP contribution in [-0.4, -0.2) is 39.0 Å². The molecule has 1 atom stereocenters. The van der Waals surface area contributed by atoms with Gasteiger partial charge in [0.15, 0.2) is 0 Å². The number of nitrogens with two attached hydrogens (primary N) is 1. The molecule has 1 aliphatic heterocycles. The van der Waals surface area contributed by atoms with E-state index in [4.69, 9.17) is 5.73 Å². The molecule has 7 heteroatoms. The third-order valence-electron chi connectivity index (χ3n) is 4.36. The summed E-state index contributed by atoms with van der Waals surface area (Å²) in [5.41, 5.74) is 5.49. The van der Waals surface area contributed by atoms with E-state index in [-0.39, 0.29) is 30.7 Å². The summed E-state index contributed by atoms with van der Waals surface area (Å²) in [6, 6.07) is 0.359. The number of rotatable bonds is 3. The fourth-order valence-corrected chi connectivity index (χ4v) is 2.98. The number of carbonyl (C=O) groups excluding carboxylic acids is 1. The first kappa shape index (κ1) is 18.3. The topological polar surface area (TPSA) is 64.2 Å². The first-order chi connectivity index (χ1) is 9.14. The molecule has 0 bridgehead atoms. The van der Waals surface area contributed by atoms with Crippen molar-refractivity contribution >= 4 is 30.7 Å². The fraction of sp³-hybridized carbons (Fsp3) is 0.714. The molecule has 2 N–H and O–H groups in total. The van der Waals surface area contributed by atoms with Gasteiger partial charge in [-0.05, 0) is 25.7 Å². The molecule has 21 heavy (non-hydrogen) atoms. The summed E-state index contributed by atoms with van der Waals surface area (Å²) in [6.45, 7) is 3.75. The van der Waals surface area contributed by atoms with Crippen LogP contribution in [0.25, 0.3) is 0 Å². The lowest BCUT2D eigenvalue weighted by Gasteiger charge is -2.35. The predicted octanol–water partition coefficient (Wildman–Crippen LogP) is 1.94. The van der Waals surface area contributed by atoms with E-state index >= 15 is 0 Å². The zero-order chi connectivity index (χ0) is 13.5. The second kappa shape index (κ2) is 6.99. The molecule has 1 unspecified atom stereocenters. The van der Waals surface area contributed by atoms with Gasteiger partial charge in [0.05, 0.1) is 11.6 Å². The van der Waals surface area contributed by atoms with Gasteiger partial charge in [0.2, 0.25) is 5.91 Å². The van der Waals surface area contributed by atoms with Gasteiger partial charge in [0.25, 0.3) is 0 Å². The van der Waals surface area contributed by atoms with Gasteiger partial charge in [0.1, 0.15) is 5.82 Å². The number of hydrogen-bond donors (Lipinski definition) is 1. The lowest BCUT2D eigenvalue weighted by atomic mass is 10.0. The Bertz CT molecular complexity index is 487. The zero-order valence-corrected chi connectivity index (χ0v) is 14.0. The maximum absolute atomic E-state index is 12.3. The minimum atomic E-state index is -0.537. The van der Waals surface area contributed by atoms with Crippen molar-refractivity contribution in [3.63, 3.8) is 0 Å². The van der Waals surface area contributed by atoms with Crippen LogP contribution < -0.4 is 5.73 Å². The third-order valence-corrected chi connectivity index (χ3v) is 4.36. The van der Waals surface area contributed by atoms with E-state index in [1.807, 2.05) is 17.3 Å². The Morgan fingerprint density at radius 2 is 2.19 bits per heavy atom. The molecule has 1 saturated heterocycles. The summed E-state index contributed by atoms with van der Waals surface area (Å²) < 4.78 is 2.23. The van der Waals surface area contributed by atoms with E-state index in [2.05, 4.69) is 16.5 Å². The lowest BCUT2D eigenvalue weighted by Crippen LogP contribution is -2.49. The molecular weight excluding hydrogens is 311 g/mol. The standard InChI is InChI=1S/C14H22N4O.2ClH/c1-2-12-16-7-9-18(12)11-4-3-8-17(10-11)13(19)14(15)5-6-14;;/h7,9,11H,2-6,8,10,15H2,1H3;2*1H. The Hall–Kier alpha value is -0.780. The van der Waals surface area contributed by atoms with Crippen LogP contribution in [0.4, 0.5) is 0 Å². The minimum Gasteiger partial charge on any atom is -0.339 e. The molecule has 5 nitrogen and oxygen atoms in total. The average Bonchev–Trinajstić information content (AvgIpc) is 3.02. The number of aryl methyl sites for hydroxylation is 1. The van der Waals surface area contributed by atoms with E-state index in [0.717, 1.165) is 51.0 Å². The molecule has 0 radical (unpaired) electrons. The molecule has 1 aliphatic carbocycles. The largest absolute Gasteiger partial charge is 0.339 e. The smallest absolute Gasteiger partial charge is 0.242 e. The van der Waals surface area contributed by atoms with Crippen LogP contribution in [0.3, 0.4) is 0 Å². The number of imidazole rings is 1. The van der Waals surface area contributed by atoms with Crippen LogP contribution in [0.15, 0.2) is 12.4 Å². The quantitative estimate of drug-likeness (QED) is 0.918. The molecule has 1 amide bonds. The number of nitrogens with zero attached hydrogens (tertiary/aromatic N) is 3. The highest BCUT2D eigenvalue weighted by Gasteiger charge is 2.48. The van der Waals surface area contributed by atoms with Crippen molar-refractivity contribution in [3.05, 3.63) is 18.2 Å². The summed E-state index contributed by atoms with van der Waals surface area (Å²) in [5, 5.41) is 0. The van der Waals surface area contributed by atoms with Crippen LogP contribution in [-0.2, 0) is 11.2 Å². The lowest BCUT2D eigenvalue weighted by molar-refractivity contribution is -0.135. The maximum atomic E-state index is 12.3. The minimum absolute atomic E-state index is 0. The summed E-state index contributed by atoms with van der Waals surface area (Å²) in [7, 11) is 0. The van der Waals surface area contributed by atoms with Crippen molar-refractivity contribution in [2.45, 2.75) is 50.6 Å². The maximum Gasteiger partial charge on any atom is 0.242 e. The van der Waals surface area contributed by atoms with Crippen LogP contribution in [0.5, 0.6) is 0 Å². The van der Waals surface area contributed by atoms with Gasteiger partial charge in [-0.3, -0.25) is 4.79 Å². The van der Waals surface area contributed by atoms with Crippen molar-refractivity contribution in [2.75, 3.05) is 13.1 Å². The SMILES string of the molecule is CCc1nccn1C1CCCN(C(=O)C2(N)CC2)C1.Cl.Cl. The number of halogens is 2. The van der Waals surface area contributed by atoms with E-state index in [1.165, 1.54) is 0 Å². The highest BCUT2D eigenvalue weighted by molar-refractivity contribution is 5.89. The second-order valence-corrected chi connectivity index (χ2v) is 5.81. The van der Waals surface area contributed by atoms with Gasteiger partial charge in [-0.1, -0.05) is 6.92 Å². The molecule has 120 valence electrons. The van der Waals surface area contributed by atoms with Crippen LogP contribution in [0.2, 0.25) is 0 Å². The summed E-state index contributed by atoms with van der Waals surface area (Å²) in [6.07, 6.45) is 8.67. The van der Waals surface area contributed by atoms with Crippen molar-refractivity contribution < 1.29 is 4.79 Å². The average molecular weight is 335 g/mol. The van der Waals surface area contributed by atoms with Crippen LogP contribution in [0.1, 0.15) is 44.5 Å². The molecule has 3 rings (SSSR count). The Morgan fingerprint density at radius 1 is 1.48 bits per heavy atom. The van der Waals surface area contributed by atoms with Gasteiger partial charge in [0, 0.05) is 31.9 Å². The number of carbonyl (C=O) groups is 1. The molecule has 2 heterocycles. The third kappa shape index (κ3) is 3.52. The molecule has 2 aliphatic rings. The number of hydrogen-bond acceptors (Lipinski definition) is 3. The van der Waals surface area contributed by atoms with Gasteiger partial charge >= 0.3 is 0 Å². The molecule has 0 aromatic carbocycles. The van der Waals surface area contributed by atoms with Gasteiger partial charge < -0.3 is 15.2 Å². The van der Waals surface area contributed by atoms with E-state index in [1.54, 1.807) is 0 Å². The van der Waals surface area contributed by atoms with E-state index in [9.17, 15) is 4.79 Å². The molecule has 0 spiro atoms. The number of aromatic nitrogens is 2.